The second kappa shape index (κ2) is 6.56. The van der Waals surface area contributed by atoms with Crippen LogP contribution in [0.2, 0.25) is 0 Å². The van der Waals surface area contributed by atoms with Gasteiger partial charge in [0.2, 0.25) is 0 Å². The summed E-state index contributed by atoms with van der Waals surface area (Å²) in [5.41, 5.74) is 8.62. The lowest BCUT2D eigenvalue weighted by Gasteiger charge is -2.30. The molecular formula is C16H16BrN3. The van der Waals surface area contributed by atoms with Crippen LogP contribution < -0.4 is 10.6 Å². The second-order valence-corrected chi connectivity index (χ2v) is 5.46. The van der Waals surface area contributed by atoms with E-state index >= 15 is 0 Å². The molecule has 0 amide bonds. The SMILES string of the molecule is CN(c1ccccc1C#N)C(CN)c1cccc(Br)c1. The van der Waals surface area contributed by atoms with Crippen LogP contribution in [0.5, 0.6) is 0 Å². The van der Waals surface area contributed by atoms with Crippen molar-refractivity contribution in [2.24, 2.45) is 5.73 Å². The monoisotopic (exact) mass is 329 g/mol. The molecule has 1 unspecified atom stereocenters. The molecule has 2 rings (SSSR count). The van der Waals surface area contributed by atoms with E-state index in [1.165, 1.54) is 0 Å². The molecule has 0 aromatic heterocycles. The number of nitrogens with zero attached hydrogens (tertiary/aromatic N) is 2. The maximum Gasteiger partial charge on any atom is 0.101 e. The van der Waals surface area contributed by atoms with Crippen LogP contribution in [0.25, 0.3) is 0 Å². The molecule has 2 aromatic rings. The first kappa shape index (κ1) is 14.6. The molecule has 0 saturated carbocycles. The minimum Gasteiger partial charge on any atom is -0.365 e. The lowest BCUT2D eigenvalue weighted by Crippen LogP contribution is -2.30. The van der Waals surface area contributed by atoms with Crippen LogP contribution in [0, 0.1) is 11.3 Å². The van der Waals surface area contributed by atoms with E-state index in [1.807, 2.05) is 49.5 Å². The number of likely N-dealkylation sites (N-methyl/N-ethyl adjacent to an activating group) is 1. The number of para-hydroxylation sites is 1. The highest BCUT2D eigenvalue weighted by Crippen LogP contribution is 2.28. The predicted molar refractivity (Wildman–Crippen MR) is 85.5 cm³/mol. The van der Waals surface area contributed by atoms with Gasteiger partial charge in [-0.2, -0.15) is 5.26 Å². The summed E-state index contributed by atoms with van der Waals surface area (Å²) in [6.07, 6.45) is 0. The Morgan fingerprint density at radius 1 is 1.25 bits per heavy atom. The number of hydrogen-bond donors (Lipinski definition) is 1. The number of nitriles is 1. The first-order valence-corrected chi connectivity index (χ1v) is 7.14. The Bertz CT molecular complexity index is 634. The number of nitrogens with two attached hydrogens (primary N) is 1. The summed E-state index contributed by atoms with van der Waals surface area (Å²) in [5.74, 6) is 0. The van der Waals surface area contributed by atoms with E-state index in [2.05, 4.69) is 33.0 Å². The van der Waals surface area contributed by atoms with Crippen molar-refractivity contribution in [2.45, 2.75) is 6.04 Å². The minimum atomic E-state index is 0.0296. The van der Waals surface area contributed by atoms with Crippen molar-refractivity contribution in [2.75, 3.05) is 18.5 Å². The molecule has 0 aliphatic carbocycles. The Morgan fingerprint density at radius 3 is 2.65 bits per heavy atom. The lowest BCUT2D eigenvalue weighted by molar-refractivity contribution is 0.680. The summed E-state index contributed by atoms with van der Waals surface area (Å²) < 4.78 is 1.02. The van der Waals surface area contributed by atoms with Gasteiger partial charge in [0, 0.05) is 18.1 Å². The lowest BCUT2D eigenvalue weighted by atomic mass is 10.0. The maximum atomic E-state index is 9.22. The second-order valence-electron chi connectivity index (χ2n) is 4.55. The quantitative estimate of drug-likeness (QED) is 0.934. The Morgan fingerprint density at radius 2 is 2.00 bits per heavy atom. The van der Waals surface area contributed by atoms with Gasteiger partial charge in [-0.15, -0.1) is 0 Å². The molecule has 0 radical (unpaired) electrons. The number of anilines is 1. The molecule has 0 saturated heterocycles. The molecule has 0 bridgehead atoms. The third kappa shape index (κ3) is 3.01. The van der Waals surface area contributed by atoms with Gasteiger partial charge in [0.25, 0.3) is 0 Å². The van der Waals surface area contributed by atoms with Gasteiger partial charge in [-0.05, 0) is 29.8 Å². The highest BCUT2D eigenvalue weighted by Gasteiger charge is 2.18. The predicted octanol–water partition coefficient (Wildman–Crippen LogP) is 3.46. The third-order valence-electron chi connectivity index (χ3n) is 3.33. The highest BCUT2D eigenvalue weighted by atomic mass is 79.9. The number of halogens is 1. The smallest absolute Gasteiger partial charge is 0.101 e. The summed E-state index contributed by atoms with van der Waals surface area (Å²) in [4.78, 5) is 2.06. The molecule has 0 aliphatic heterocycles. The zero-order valence-corrected chi connectivity index (χ0v) is 12.8. The molecule has 0 heterocycles. The molecule has 2 aromatic carbocycles. The largest absolute Gasteiger partial charge is 0.365 e. The normalized spacial score (nSPS) is 11.7. The molecule has 0 aliphatic rings. The molecule has 4 heteroatoms. The molecule has 20 heavy (non-hydrogen) atoms. The number of hydrogen-bond acceptors (Lipinski definition) is 3. The van der Waals surface area contributed by atoms with E-state index in [4.69, 9.17) is 5.73 Å². The van der Waals surface area contributed by atoms with Crippen LogP contribution in [0.4, 0.5) is 5.69 Å². The third-order valence-corrected chi connectivity index (χ3v) is 3.82. The molecule has 3 nitrogen and oxygen atoms in total. The fourth-order valence-electron chi connectivity index (χ4n) is 2.28. The molecule has 1 atom stereocenters. The maximum absolute atomic E-state index is 9.22. The van der Waals surface area contributed by atoms with E-state index in [1.54, 1.807) is 0 Å². The standard InChI is InChI=1S/C16H16BrN3/c1-20(15-8-3-2-5-13(15)10-18)16(11-19)12-6-4-7-14(17)9-12/h2-9,16H,11,19H2,1H3. The molecular weight excluding hydrogens is 314 g/mol. The van der Waals surface area contributed by atoms with Crippen LogP contribution in [0.1, 0.15) is 17.2 Å². The van der Waals surface area contributed by atoms with E-state index in [0.717, 1.165) is 15.7 Å². The van der Waals surface area contributed by atoms with Gasteiger partial charge in [-0.1, -0.05) is 40.2 Å². The average Bonchev–Trinajstić information content (AvgIpc) is 2.48. The fraction of sp³-hybridized carbons (Fsp3) is 0.188. The van der Waals surface area contributed by atoms with Crippen molar-refractivity contribution < 1.29 is 0 Å². The van der Waals surface area contributed by atoms with Crippen LogP contribution in [-0.4, -0.2) is 13.6 Å². The number of rotatable bonds is 4. The van der Waals surface area contributed by atoms with E-state index in [-0.39, 0.29) is 6.04 Å². The van der Waals surface area contributed by atoms with Gasteiger partial charge in [-0.25, -0.2) is 0 Å². The Labute approximate surface area is 127 Å². The topological polar surface area (TPSA) is 53.0 Å². The van der Waals surface area contributed by atoms with Gasteiger partial charge < -0.3 is 10.6 Å². The minimum absolute atomic E-state index is 0.0296. The molecule has 102 valence electrons. The Balaban J connectivity index is 2.39. The summed E-state index contributed by atoms with van der Waals surface area (Å²) in [5, 5.41) is 9.22. The van der Waals surface area contributed by atoms with E-state index in [9.17, 15) is 5.26 Å². The van der Waals surface area contributed by atoms with Crippen LogP contribution >= 0.6 is 15.9 Å². The van der Waals surface area contributed by atoms with Gasteiger partial charge in [0.1, 0.15) is 6.07 Å². The van der Waals surface area contributed by atoms with Gasteiger partial charge in [0.15, 0.2) is 0 Å². The van der Waals surface area contributed by atoms with Crippen molar-refractivity contribution in [1.82, 2.24) is 0 Å². The zero-order chi connectivity index (χ0) is 14.5. The Hall–Kier alpha value is -1.83. The van der Waals surface area contributed by atoms with Crippen molar-refractivity contribution in [3.8, 4) is 6.07 Å². The van der Waals surface area contributed by atoms with Crippen molar-refractivity contribution in [3.05, 3.63) is 64.1 Å². The van der Waals surface area contributed by atoms with Crippen molar-refractivity contribution in [3.63, 3.8) is 0 Å². The Kier molecular flexibility index (Phi) is 4.78. The van der Waals surface area contributed by atoms with Gasteiger partial charge in [0.05, 0.1) is 17.3 Å². The molecule has 0 spiro atoms. The van der Waals surface area contributed by atoms with Crippen LogP contribution in [0.15, 0.2) is 53.0 Å². The summed E-state index contributed by atoms with van der Waals surface area (Å²) in [6, 6.07) is 17.9. The van der Waals surface area contributed by atoms with Crippen LogP contribution in [-0.2, 0) is 0 Å². The first-order chi connectivity index (χ1) is 9.67. The summed E-state index contributed by atoms with van der Waals surface area (Å²) >= 11 is 3.48. The molecule has 0 fully saturated rings. The number of benzene rings is 2. The first-order valence-electron chi connectivity index (χ1n) is 6.35. The van der Waals surface area contributed by atoms with Gasteiger partial charge >= 0.3 is 0 Å². The van der Waals surface area contributed by atoms with Crippen molar-refractivity contribution in [1.29, 1.82) is 5.26 Å². The van der Waals surface area contributed by atoms with E-state index in [0.29, 0.717) is 12.1 Å². The van der Waals surface area contributed by atoms with Crippen LogP contribution in [0.3, 0.4) is 0 Å². The zero-order valence-electron chi connectivity index (χ0n) is 11.3. The molecule has 2 N–H and O–H groups in total. The van der Waals surface area contributed by atoms with Gasteiger partial charge in [-0.3, -0.25) is 0 Å². The van der Waals surface area contributed by atoms with Crippen molar-refractivity contribution >= 4 is 21.6 Å². The summed E-state index contributed by atoms with van der Waals surface area (Å²) in [7, 11) is 1.97. The highest BCUT2D eigenvalue weighted by molar-refractivity contribution is 9.10. The average molecular weight is 330 g/mol. The fourth-order valence-corrected chi connectivity index (χ4v) is 2.69. The van der Waals surface area contributed by atoms with E-state index < -0.39 is 0 Å². The summed E-state index contributed by atoms with van der Waals surface area (Å²) in [6.45, 7) is 0.479.